The van der Waals surface area contributed by atoms with E-state index in [0.717, 1.165) is 19.6 Å². The molecule has 1 atom stereocenters. The number of benzene rings is 1. The van der Waals surface area contributed by atoms with Crippen LogP contribution in [-0.4, -0.2) is 19.0 Å². The van der Waals surface area contributed by atoms with E-state index in [2.05, 4.69) is 38.1 Å². The summed E-state index contributed by atoms with van der Waals surface area (Å²) in [6.45, 7) is 5.96. The molecule has 2 fully saturated rings. The van der Waals surface area contributed by atoms with Gasteiger partial charge in [-0.2, -0.15) is 0 Å². The molecule has 0 amide bonds. The summed E-state index contributed by atoms with van der Waals surface area (Å²) in [5, 5.41) is 0. The number of ether oxygens (including phenoxy) is 2. The minimum absolute atomic E-state index is 0.162. The largest absolute Gasteiger partial charge is 0.349 e. The van der Waals surface area contributed by atoms with Crippen molar-refractivity contribution in [3.8, 4) is 0 Å². The Kier molecular flexibility index (Phi) is 2.13. The summed E-state index contributed by atoms with van der Waals surface area (Å²) < 4.78 is 11.9. The van der Waals surface area contributed by atoms with E-state index in [1.54, 1.807) is 0 Å². The van der Waals surface area contributed by atoms with Crippen molar-refractivity contribution < 1.29 is 9.47 Å². The molecule has 0 radical (unpaired) electrons. The summed E-state index contributed by atoms with van der Waals surface area (Å²) in [4.78, 5) is 0. The van der Waals surface area contributed by atoms with Crippen LogP contribution in [0.3, 0.4) is 0 Å². The SMILES string of the molecule is CC1(C)COC2(C[C@H]2c2ccccc2)OC1. The zero-order chi connectivity index (χ0) is 11.2. The first-order valence-corrected chi connectivity index (χ1v) is 5.94. The molecular weight excluding hydrogens is 200 g/mol. The van der Waals surface area contributed by atoms with Crippen molar-refractivity contribution in [3.05, 3.63) is 35.9 Å². The normalized spacial score (nSPS) is 30.2. The molecule has 1 spiro atoms. The molecule has 1 heterocycles. The summed E-state index contributed by atoms with van der Waals surface area (Å²) in [7, 11) is 0. The van der Waals surface area contributed by atoms with E-state index in [1.165, 1.54) is 5.56 Å². The van der Waals surface area contributed by atoms with E-state index in [-0.39, 0.29) is 11.2 Å². The smallest absolute Gasteiger partial charge is 0.176 e. The second kappa shape index (κ2) is 3.31. The predicted molar refractivity (Wildman–Crippen MR) is 62.2 cm³/mol. The van der Waals surface area contributed by atoms with Crippen molar-refractivity contribution in [1.82, 2.24) is 0 Å². The molecule has 16 heavy (non-hydrogen) atoms. The van der Waals surface area contributed by atoms with Crippen LogP contribution in [0.25, 0.3) is 0 Å². The first-order chi connectivity index (χ1) is 7.61. The van der Waals surface area contributed by atoms with Gasteiger partial charge in [0.2, 0.25) is 0 Å². The third kappa shape index (κ3) is 1.66. The van der Waals surface area contributed by atoms with Gasteiger partial charge in [0.05, 0.1) is 13.2 Å². The van der Waals surface area contributed by atoms with Crippen LogP contribution in [0, 0.1) is 5.41 Å². The van der Waals surface area contributed by atoms with E-state index >= 15 is 0 Å². The van der Waals surface area contributed by atoms with Gasteiger partial charge in [-0.25, -0.2) is 0 Å². The summed E-state index contributed by atoms with van der Waals surface area (Å²) in [5.74, 6) is 0.140. The Morgan fingerprint density at radius 2 is 1.69 bits per heavy atom. The third-order valence-corrected chi connectivity index (χ3v) is 3.48. The fourth-order valence-corrected chi connectivity index (χ4v) is 2.32. The van der Waals surface area contributed by atoms with E-state index in [4.69, 9.17) is 9.47 Å². The maximum Gasteiger partial charge on any atom is 0.176 e. The lowest BCUT2D eigenvalue weighted by Gasteiger charge is -2.35. The second-order valence-electron chi connectivity index (χ2n) is 5.72. The molecule has 2 heteroatoms. The quantitative estimate of drug-likeness (QED) is 0.721. The van der Waals surface area contributed by atoms with Gasteiger partial charge in [-0.3, -0.25) is 0 Å². The Morgan fingerprint density at radius 3 is 2.31 bits per heavy atom. The maximum absolute atomic E-state index is 5.94. The highest BCUT2D eigenvalue weighted by molar-refractivity contribution is 5.29. The molecule has 0 aromatic heterocycles. The highest BCUT2D eigenvalue weighted by Gasteiger charge is 2.60. The summed E-state index contributed by atoms with van der Waals surface area (Å²) in [5.41, 5.74) is 1.50. The van der Waals surface area contributed by atoms with Crippen molar-refractivity contribution in [1.29, 1.82) is 0 Å². The summed E-state index contributed by atoms with van der Waals surface area (Å²) >= 11 is 0. The molecule has 1 aliphatic heterocycles. The minimum Gasteiger partial charge on any atom is -0.349 e. The van der Waals surface area contributed by atoms with Crippen molar-refractivity contribution >= 4 is 0 Å². The van der Waals surface area contributed by atoms with E-state index in [1.807, 2.05) is 6.07 Å². The molecule has 1 saturated heterocycles. The molecule has 3 rings (SSSR count). The number of hydrogen-bond donors (Lipinski definition) is 0. The molecular formula is C14H18O2. The standard InChI is InChI=1S/C14H18O2/c1-13(2)9-15-14(16-10-13)8-12(14)11-6-4-3-5-7-11/h3-7,12H,8-10H2,1-2H3/t12-/m0/s1. The number of rotatable bonds is 1. The van der Waals surface area contributed by atoms with Gasteiger partial charge in [-0.05, 0) is 5.56 Å². The molecule has 1 aliphatic carbocycles. The maximum atomic E-state index is 5.94. The Labute approximate surface area is 96.6 Å². The molecule has 0 bridgehead atoms. The first kappa shape index (κ1) is 10.3. The third-order valence-electron chi connectivity index (χ3n) is 3.48. The Balaban J connectivity index is 1.72. The van der Waals surface area contributed by atoms with Gasteiger partial charge in [-0.15, -0.1) is 0 Å². The lowest BCUT2D eigenvalue weighted by atomic mass is 9.95. The molecule has 0 unspecified atom stereocenters. The number of hydrogen-bond acceptors (Lipinski definition) is 2. The van der Waals surface area contributed by atoms with Crippen molar-refractivity contribution in [2.24, 2.45) is 5.41 Å². The van der Waals surface area contributed by atoms with Gasteiger partial charge < -0.3 is 9.47 Å². The van der Waals surface area contributed by atoms with Gasteiger partial charge >= 0.3 is 0 Å². The monoisotopic (exact) mass is 218 g/mol. The Morgan fingerprint density at radius 1 is 1.06 bits per heavy atom. The van der Waals surface area contributed by atoms with Crippen LogP contribution < -0.4 is 0 Å². The molecule has 1 saturated carbocycles. The van der Waals surface area contributed by atoms with Crippen LogP contribution in [0.5, 0.6) is 0 Å². The van der Waals surface area contributed by atoms with E-state index in [9.17, 15) is 0 Å². The molecule has 2 nitrogen and oxygen atoms in total. The van der Waals surface area contributed by atoms with Crippen LogP contribution in [0.15, 0.2) is 30.3 Å². The van der Waals surface area contributed by atoms with Crippen LogP contribution in [-0.2, 0) is 9.47 Å². The molecule has 0 N–H and O–H groups in total. The zero-order valence-corrected chi connectivity index (χ0v) is 9.90. The molecule has 2 aliphatic rings. The highest BCUT2D eigenvalue weighted by atomic mass is 16.7. The van der Waals surface area contributed by atoms with Crippen LogP contribution >= 0.6 is 0 Å². The van der Waals surface area contributed by atoms with E-state index in [0.29, 0.717) is 5.92 Å². The average molecular weight is 218 g/mol. The molecule has 1 aromatic rings. The summed E-state index contributed by atoms with van der Waals surface area (Å²) in [6, 6.07) is 10.5. The fraction of sp³-hybridized carbons (Fsp3) is 0.571. The van der Waals surface area contributed by atoms with Gasteiger partial charge in [0.25, 0.3) is 0 Å². The van der Waals surface area contributed by atoms with E-state index < -0.39 is 0 Å². The Bertz CT molecular complexity index is 373. The first-order valence-electron chi connectivity index (χ1n) is 5.94. The molecule has 1 aromatic carbocycles. The van der Waals surface area contributed by atoms with Crippen molar-refractivity contribution in [3.63, 3.8) is 0 Å². The average Bonchev–Trinajstić information content (AvgIpc) is 3.00. The Hall–Kier alpha value is -0.860. The fourth-order valence-electron chi connectivity index (χ4n) is 2.32. The zero-order valence-electron chi connectivity index (χ0n) is 9.90. The second-order valence-corrected chi connectivity index (χ2v) is 5.72. The van der Waals surface area contributed by atoms with Crippen molar-refractivity contribution in [2.75, 3.05) is 13.2 Å². The van der Waals surface area contributed by atoms with Gasteiger partial charge in [0, 0.05) is 17.8 Å². The summed E-state index contributed by atoms with van der Waals surface area (Å²) in [6.07, 6.45) is 1.01. The lowest BCUT2D eigenvalue weighted by molar-refractivity contribution is -0.245. The topological polar surface area (TPSA) is 18.5 Å². The van der Waals surface area contributed by atoms with Crippen molar-refractivity contribution in [2.45, 2.75) is 32.0 Å². The minimum atomic E-state index is -0.295. The van der Waals surface area contributed by atoms with Gasteiger partial charge in [0.15, 0.2) is 5.79 Å². The highest BCUT2D eigenvalue weighted by Crippen LogP contribution is 2.57. The van der Waals surface area contributed by atoms with Crippen LogP contribution in [0.4, 0.5) is 0 Å². The van der Waals surface area contributed by atoms with Gasteiger partial charge in [0.1, 0.15) is 0 Å². The van der Waals surface area contributed by atoms with Crippen LogP contribution in [0.2, 0.25) is 0 Å². The lowest BCUT2D eigenvalue weighted by Crippen LogP contribution is -2.39. The van der Waals surface area contributed by atoms with Gasteiger partial charge in [-0.1, -0.05) is 44.2 Å². The predicted octanol–water partition coefficient (Wildman–Crippen LogP) is 2.94. The molecule has 86 valence electrons. The van der Waals surface area contributed by atoms with Crippen LogP contribution in [0.1, 0.15) is 31.7 Å².